The molecule has 1 aromatic carbocycles. The van der Waals surface area contributed by atoms with Gasteiger partial charge in [-0.15, -0.1) is 22.7 Å². The van der Waals surface area contributed by atoms with Gasteiger partial charge in [-0.2, -0.15) is 0 Å². The second kappa shape index (κ2) is 4.39. The maximum atomic E-state index is 4.63. The standard InChI is InChI=1S/C13H10N2S2/c1-9-7-16-12(14-9)13-15-11(8-17-13)10-5-3-2-4-6-10/h2-8H,1H3. The number of aromatic nitrogens is 2. The van der Waals surface area contributed by atoms with Gasteiger partial charge in [0.15, 0.2) is 10.0 Å². The van der Waals surface area contributed by atoms with Gasteiger partial charge in [-0.25, -0.2) is 9.97 Å². The van der Waals surface area contributed by atoms with Crippen LogP contribution in [0.5, 0.6) is 0 Å². The molecule has 0 aliphatic carbocycles. The SMILES string of the molecule is Cc1csc(-c2nc(-c3ccccc3)cs2)n1. The molecule has 0 saturated carbocycles. The van der Waals surface area contributed by atoms with E-state index in [1.807, 2.05) is 25.1 Å². The number of benzene rings is 1. The van der Waals surface area contributed by atoms with Crippen molar-refractivity contribution in [3.8, 4) is 21.3 Å². The minimum absolute atomic E-state index is 1.00. The molecule has 17 heavy (non-hydrogen) atoms. The van der Waals surface area contributed by atoms with Crippen molar-refractivity contribution in [2.24, 2.45) is 0 Å². The largest absolute Gasteiger partial charge is 0.239 e. The van der Waals surface area contributed by atoms with Crippen molar-refractivity contribution in [2.75, 3.05) is 0 Å². The quantitative estimate of drug-likeness (QED) is 0.687. The molecule has 0 spiro atoms. The lowest BCUT2D eigenvalue weighted by atomic mass is 10.2. The van der Waals surface area contributed by atoms with E-state index >= 15 is 0 Å². The molecule has 4 heteroatoms. The molecule has 2 heterocycles. The molecule has 0 bridgehead atoms. The summed E-state index contributed by atoms with van der Waals surface area (Å²) < 4.78 is 0. The van der Waals surface area contributed by atoms with Gasteiger partial charge >= 0.3 is 0 Å². The summed E-state index contributed by atoms with van der Waals surface area (Å²) in [7, 11) is 0. The number of hydrogen-bond donors (Lipinski definition) is 0. The van der Waals surface area contributed by atoms with E-state index in [0.29, 0.717) is 0 Å². The first kappa shape index (κ1) is 10.6. The highest BCUT2D eigenvalue weighted by Gasteiger charge is 2.08. The molecular weight excluding hydrogens is 248 g/mol. The summed E-state index contributed by atoms with van der Waals surface area (Å²) in [5.41, 5.74) is 3.24. The maximum Gasteiger partial charge on any atom is 0.152 e. The molecule has 0 N–H and O–H groups in total. The highest BCUT2D eigenvalue weighted by atomic mass is 32.1. The summed E-state index contributed by atoms with van der Waals surface area (Å²) in [6.07, 6.45) is 0. The van der Waals surface area contributed by atoms with Crippen molar-refractivity contribution in [3.05, 3.63) is 46.8 Å². The van der Waals surface area contributed by atoms with E-state index in [4.69, 9.17) is 0 Å². The Hall–Kier alpha value is -1.52. The summed E-state index contributed by atoms with van der Waals surface area (Å²) in [6, 6.07) is 10.2. The fourth-order valence-corrected chi connectivity index (χ4v) is 3.24. The maximum absolute atomic E-state index is 4.63. The highest BCUT2D eigenvalue weighted by Crippen LogP contribution is 2.30. The van der Waals surface area contributed by atoms with Crippen LogP contribution in [0.3, 0.4) is 0 Å². The zero-order chi connectivity index (χ0) is 11.7. The Labute approximate surface area is 108 Å². The van der Waals surface area contributed by atoms with Crippen LogP contribution in [0.15, 0.2) is 41.1 Å². The fourth-order valence-electron chi connectivity index (χ4n) is 1.57. The first-order valence-electron chi connectivity index (χ1n) is 5.26. The Morgan fingerprint density at radius 2 is 1.59 bits per heavy atom. The van der Waals surface area contributed by atoms with E-state index in [-0.39, 0.29) is 0 Å². The molecule has 0 unspecified atom stereocenters. The second-order valence-corrected chi connectivity index (χ2v) is 5.41. The van der Waals surface area contributed by atoms with Crippen LogP contribution in [0.2, 0.25) is 0 Å². The predicted octanol–water partition coefficient (Wildman–Crippen LogP) is 4.24. The lowest BCUT2D eigenvalue weighted by Crippen LogP contribution is -1.78. The molecule has 0 fully saturated rings. The molecule has 2 aromatic heterocycles. The second-order valence-electron chi connectivity index (χ2n) is 3.70. The highest BCUT2D eigenvalue weighted by molar-refractivity contribution is 7.19. The molecule has 2 nitrogen and oxygen atoms in total. The number of thiazole rings is 2. The Bertz CT molecular complexity index is 626. The van der Waals surface area contributed by atoms with E-state index in [1.54, 1.807) is 22.7 Å². The van der Waals surface area contributed by atoms with Gasteiger partial charge in [0, 0.05) is 22.0 Å². The van der Waals surface area contributed by atoms with Gasteiger partial charge in [-0.3, -0.25) is 0 Å². The number of rotatable bonds is 2. The Morgan fingerprint density at radius 1 is 0.882 bits per heavy atom. The van der Waals surface area contributed by atoms with E-state index in [2.05, 4.69) is 32.9 Å². The third-order valence-electron chi connectivity index (χ3n) is 2.38. The van der Waals surface area contributed by atoms with Crippen molar-refractivity contribution < 1.29 is 0 Å². The van der Waals surface area contributed by atoms with Crippen LogP contribution in [0, 0.1) is 6.92 Å². The number of nitrogens with zero attached hydrogens (tertiary/aromatic N) is 2. The van der Waals surface area contributed by atoms with Gasteiger partial charge < -0.3 is 0 Å². The van der Waals surface area contributed by atoms with Crippen LogP contribution in [0.25, 0.3) is 21.3 Å². The zero-order valence-electron chi connectivity index (χ0n) is 9.25. The number of hydrogen-bond acceptors (Lipinski definition) is 4. The molecule has 3 aromatic rings. The van der Waals surface area contributed by atoms with E-state index in [0.717, 1.165) is 27.0 Å². The molecule has 0 saturated heterocycles. The predicted molar refractivity (Wildman–Crippen MR) is 73.4 cm³/mol. The summed E-state index contributed by atoms with van der Waals surface area (Å²) in [4.78, 5) is 9.08. The van der Waals surface area contributed by atoms with Gasteiger partial charge in [0.25, 0.3) is 0 Å². The van der Waals surface area contributed by atoms with Crippen molar-refractivity contribution in [1.82, 2.24) is 9.97 Å². The van der Waals surface area contributed by atoms with Crippen molar-refractivity contribution in [2.45, 2.75) is 6.92 Å². The van der Waals surface area contributed by atoms with Gasteiger partial charge in [0.2, 0.25) is 0 Å². The van der Waals surface area contributed by atoms with Crippen LogP contribution in [-0.4, -0.2) is 9.97 Å². The normalized spacial score (nSPS) is 10.6. The topological polar surface area (TPSA) is 25.8 Å². The van der Waals surface area contributed by atoms with Crippen LogP contribution < -0.4 is 0 Å². The Balaban J connectivity index is 1.99. The zero-order valence-corrected chi connectivity index (χ0v) is 10.9. The first-order chi connectivity index (χ1) is 8.33. The molecule has 0 aliphatic rings. The average molecular weight is 258 g/mol. The molecule has 3 rings (SSSR count). The van der Waals surface area contributed by atoms with Crippen LogP contribution in [0.1, 0.15) is 5.69 Å². The van der Waals surface area contributed by atoms with Crippen molar-refractivity contribution >= 4 is 22.7 Å². The van der Waals surface area contributed by atoms with Gasteiger partial charge in [-0.1, -0.05) is 30.3 Å². The molecular formula is C13H10N2S2. The van der Waals surface area contributed by atoms with Crippen LogP contribution in [-0.2, 0) is 0 Å². The minimum Gasteiger partial charge on any atom is -0.239 e. The van der Waals surface area contributed by atoms with E-state index < -0.39 is 0 Å². The molecule has 0 aliphatic heterocycles. The molecule has 0 amide bonds. The van der Waals surface area contributed by atoms with E-state index in [1.165, 1.54) is 0 Å². The van der Waals surface area contributed by atoms with Gasteiger partial charge in [-0.05, 0) is 6.92 Å². The summed E-state index contributed by atoms with van der Waals surface area (Å²) >= 11 is 3.30. The molecule has 0 radical (unpaired) electrons. The number of aryl methyl sites for hydroxylation is 1. The lowest BCUT2D eigenvalue weighted by Gasteiger charge is -1.93. The van der Waals surface area contributed by atoms with Gasteiger partial charge in [0.05, 0.1) is 5.69 Å². The van der Waals surface area contributed by atoms with Crippen LogP contribution in [0.4, 0.5) is 0 Å². The Kier molecular flexibility index (Phi) is 2.74. The van der Waals surface area contributed by atoms with Crippen LogP contribution >= 0.6 is 22.7 Å². The van der Waals surface area contributed by atoms with Crippen molar-refractivity contribution in [3.63, 3.8) is 0 Å². The first-order valence-corrected chi connectivity index (χ1v) is 7.02. The Morgan fingerprint density at radius 3 is 2.29 bits per heavy atom. The molecule has 84 valence electrons. The van der Waals surface area contributed by atoms with E-state index in [9.17, 15) is 0 Å². The minimum atomic E-state index is 1.00. The summed E-state index contributed by atoms with van der Waals surface area (Å²) in [6.45, 7) is 2.01. The summed E-state index contributed by atoms with van der Waals surface area (Å²) in [5.74, 6) is 0. The fraction of sp³-hybridized carbons (Fsp3) is 0.0769. The van der Waals surface area contributed by atoms with Crippen molar-refractivity contribution in [1.29, 1.82) is 0 Å². The third kappa shape index (κ3) is 2.14. The third-order valence-corrected chi connectivity index (χ3v) is 4.32. The smallest absolute Gasteiger partial charge is 0.152 e. The monoisotopic (exact) mass is 258 g/mol. The van der Waals surface area contributed by atoms with Gasteiger partial charge in [0.1, 0.15) is 0 Å². The average Bonchev–Trinajstić information content (AvgIpc) is 2.98. The molecule has 0 atom stereocenters. The lowest BCUT2D eigenvalue weighted by molar-refractivity contribution is 1.26. The summed E-state index contributed by atoms with van der Waals surface area (Å²) in [5, 5.41) is 6.15.